The first-order valence-corrected chi connectivity index (χ1v) is 6.86. The van der Waals surface area contributed by atoms with E-state index < -0.39 is 0 Å². The zero-order valence-corrected chi connectivity index (χ0v) is 11.9. The number of nitrogens with zero attached hydrogens (tertiary/aromatic N) is 2. The molecule has 5 heteroatoms. The quantitative estimate of drug-likeness (QED) is 0.901. The Kier molecular flexibility index (Phi) is 3.04. The Morgan fingerprint density at radius 3 is 2.50 bits per heavy atom. The van der Waals surface area contributed by atoms with Crippen LogP contribution in [0.2, 0.25) is 0 Å². The van der Waals surface area contributed by atoms with Crippen molar-refractivity contribution in [2.24, 2.45) is 0 Å². The lowest BCUT2D eigenvalue weighted by atomic mass is 10.1. The molecule has 1 amide bonds. The molecule has 20 heavy (non-hydrogen) atoms. The zero-order chi connectivity index (χ0) is 14.3. The third kappa shape index (κ3) is 2.43. The van der Waals surface area contributed by atoms with Crippen LogP contribution in [0.3, 0.4) is 0 Å². The highest BCUT2D eigenvalue weighted by Gasteiger charge is 2.28. The molecule has 1 aromatic heterocycles. The van der Waals surface area contributed by atoms with Crippen LogP contribution >= 0.6 is 0 Å². The van der Waals surface area contributed by atoms with Gasteiger partial charge in [0, 0.05) is 11.6 Å². The van der Waals surface area contributed by atoms with Gasteiger partial charge in [-0.1, -0.05) is 17.7 Å². The van der Waals surface area contributed by atoms with Crippen molar-refractivity contribution in [2.45, 2.75) is 39.5 Å². The van der Waals surface area contributed by atoms with E-state index in [0.29, 0.717) is 5.92 Å². The summed E-state index contributed by atoms with van der Waals surface area (Å²) in [4.78, 5) is 16.5. The number of aromatic amines is 1. The van der Waals surface area contributed by atoms with Gasteiger partial charge < -0.3 is 5.32 Å². The van der Waals surface area contributed by atoms with E-state index in [2.05, 4.69) is 32.6 Å². The summed E-state index contributed by atoms with van der Waals surface area (Å²) in [5, 5.41) is 9.76. The monoisotopic (exact) mass is 270 g/mol. The van der Waals surface area contributed by atoms with Gasteiger partial charge in [0.1, 0.15) is 5.82 Å². The van der Waals surface area contributed by atoms with Crippen LogP contribution in [0.4, 0.5) is 5.69 Å². The fourth-order valence-corrected chi connectivity index (χ4v) is 2.46. The van der Waals surface area contributed by atoms with Gasteiger partial charge >= 0.3 is 0 Å². The molecule has 0 saturated heterocycles. The number of aryl methyl sites for hydroxylation is 3. The third-order valence-electron chi connectivity index (χ3n) is 3.59. The fraction of sp³-hybridized carbons (Fsp3) is 0.400. The fourth-order valence-electron chi connectivity index (χ4n) is 2.46. The van der Waals surface area contributed by atoms with Crippen LogP contribution in [0, 0.1) is 20.8 Å². The molecule has 1 aliphatic rings. The number of benzene rings is 1. The Morgan fingerprint density at radius 1 is 1.25 bits per heavy atom. The molecule has 1 aromatic carbocycles. The molecule has 5 nitrogen and oxygen atoms in total. The number of H-pyrrole nitrogens is 1. The highest BCUT2D eigenvalue weighted by molar-refractivity contribution is 6.02. The normalized spacial score (nSPS) is 14.3. The lowest BCUT2D eigenvalue weighted by Crippen LogP contribution is -2.15. The first-order valence-electron chi connectivity index (χ1n) is 6.86. The molecule has 2 N–H and O–H groups in total. The number of carbonyl (C=O) groups is 1. The van der Waals surface area contributed by atoms with Gasteiger partial charge in [0.2, 0.25) is 5.82 Å². The lowest BCUT2D eigenvalue weighted by Gasteiger charge is -2.11. The van der Waals surface area contributed by atoms with Crippen molar-refractivity contribution in [2.75, 3.05) is 5.32 Å². The first-order chi connectivity index (χ1) is 9.54. The second-order valence-corrected chi connectivity index (χ2v) is 5.55. The molecule has 1 aliphatic carbocycles. The van der Waals surface area contributed by atoms with Gasteiger partial charge in [-0.3, -0.25) is 9.89 Å². The molecule has 1 fully saturated rings. The Morgan fingerprint density at radius 2 is 1.90 bits per heavy atom. The maximum absolute atomic E-state index is 12.2. The predicted octanol–water partition coefficient (Wildman–Crippen LogP) is 2.86. The van der Waals surface area contributed by atoms with Crippen LogP contribution in [0.15, 0.2) is 12.1 Å². The first kappa shape index (κ1) is 12.8. The number of rotatable bonds is 3. The third-order valence-corrected chi connectivity index (χ3v) is 3.59. The number of anilines is 1. The zero-order valence-electron chi connectivity index (χ0n) is 11.9. The highest BCUT2D eigenvalue weighted by atomic mass is 16.2. The molecule has 2 aromatic rings. The van der Waals surface area contributed by atoms with E-state index in [4.69, 9.17) is 0 Å². The largest absolute Gasteiger partial charge is 0.319 e. The molecule has 1 heterocycles. The van der Waals surface area contributed by atoms with E-state index in [1.807, 2.05) is 20.8 Å². The Balaban J connectivity index is 1.81. The summed E-state index contributed by atoms with van der Waals surface area (Å²) in [7, 11) is 0. The number of hydrogen-bond acceptors (Lipinski definition) is 3. The second-order valence-electron chi connectivity index (χ2n) is 5.55. The maximum Gasteiger partial charge on any atom is 0.295 e. The van der Waals surface area contributed by atoms with Crippen molar-refractivity contribution in [3.05, 3.63) is 40.5 Å². The van der Waals surface area contributed by atoms with Crippen molar-refractivity contribution < 1.29 is 4.79 Å². The molecular formula is C15H18N4O. The van der Waals surface area contributed by atoms with Gasteiger partial charge in [-0.25, -0.2) is 4.98 Å². The molecule has 0 atom stereocenters. The molecule has 1 saturated carbocycles. The summed E-state index contributed by atoms with van der Waals surface area (Å²) in [5.74, 6) is 1.24. The topological polar surface area (TPSA) is 70.7 Å². The summed E-state index contributed by atoms with van der Waals surface area (Å²) < 4.78 is 0. The van der Waals surface area contributed by atoms with E-state index in [0.717, 1.165) is 35.5 Å². The van der Waals surface area contributed by atoms with Crippen LogP contribution in [0.5, 0.6) is 0 Å². The molecule has 3 rings (SSSR count). The smallest absolute Gasteiger partial charge is 0.295 e. The summed E-state index contributed by atoms with van der Waals surface area (Å²) in [6.45, 7) is 6.02. The van der Waals surface area contributed by atoms with E-state index in [9.17, 15) is 4.79 Å². The summed E-state index contributed by atoms with van der Waals surface area (Å²) in [6.07, 6.45) is 2.26. The number of hydrogen-bond donors (Lipinski definition) is 2. The predicted molar refractivity (Wildman–Crippen MR) is 77.0 cm³/mol. The van der Waals surface area contributed by atoms with E-state index in [1.54, 1.807) is 0 Å². The van der Waals surface area contributed by atoms with Gasteiger partial charge in [-0.05, 0) is 44.7 Å². The maximum atomic E-state index is 12.2. The molecule has 0 radical (unpaired) electrons. The van der Waals surface area contributed by atoms with Crippen LogP contribution in [-0.2, 0) is 0 Å². The Bertz CT molecular complexity index is 647. The average molecular weight is 270 g/mol. The SMILES string of the molecule is Cc1cc(C)c(NC(=O)c2n[nH]c(C3CC3)n2)c(C)c1. The standard InChI is InChI=1S/C15H18N4O/c1-8-6-9(2)12(10(3)7-8)16-15(20)14-17-13(18-19-14)11-4-5-11/h6-7,11H,4-5H2,1-3H3,(H,16,20)(H,17,18,19). The van der Waals surface area contributed by atoms with Crippen molar-refractivity contribution in [3.63, 3.8) is 0 Å². The van der Waals surface area contributed by atoms with Crippen LogP contribution in [0.1, 0.15) is 51.9 Å². The van der Waals surface area contributed by atoms with Gasteiger partial charge in [0.25, 0.3) is 5.91 Å². The van der Waals surface area contributed by atoms with Gasteiger partial charge in [0.05, 0.1) is 0 Å². The number of nitrogens with one attached hydrogen (secondary N) is 2. The van der Waals surface area contributed by atoms with Crippen LogP contribution in [-0.4, -0.2) is 21.1 Å². The average Bonchev–Trinajstić information content (AvgIpc) is 3.11. The van der Waals surface area contributed by atoms with Crippen molar-refractivity contribution in [1.29, 1.82) is 0 Å². The Labute approximate surface area is 117 Å². The second kappa shape index (κ2) is 4.74. The van der Waals surface area contributed by atoms with Gasteiger partial charge in [-0.2, -0.15) is 0 Å². The van der Waals surface area contributed by atoms with Crippen LogP contribution in [0.25, 0.3) is 0 Å². The number of amides is 1. The molecule has 0 aliphatic heterocycles. The minimum Gasteiger partial charge on any atom is -0.319 e. The molecule has 0 unspecified atom stereocenters. The van der Waals surface area contributed by atoms with Crippen LogP contribution < -0.4 is 5.32 Å². The summed E-state index contributed by atoms with van der Waals surface area (Å²) in [6, 6.07) is 4.10. The molecular weight excluding hydrogens is 252 g/mol. The van der Waals surface area contributed by atoms with Crippen molar-refractivity contribution >= 4 is 11.6 Å². The molecule has 0 bridgehead atoms. The highest BCUT2D eigenvalue weighted by Crippen LogP contribution is 2.37. The van der Waals surface area contributed by atoms with Gasteiger partial charge in [-0.15, -0.1) is 5.10 Å². The Hall–Kier alpha value is -2.17. The van der Waals surface area contributed by atoms with Crippen molar-refractivity contribution in [3.8, 4) is 0 Å². The molecule has 0 spiro atoms. The minimum absolute atomic E-state index is 0.214. The lowest BCUT2D eigenvalue weighted by molar-refractivity contribution is 0.101. The van der Waals surface area contributed by atoms with E-state index >= 15 is 0 Å². The summed E-state index contributed by atoms with van der Waals surface area (Å²) in [5.41, 5.74) is 4.13. The van der Waals surface area contributed by atoms with Gasteiger partial charge in [0.15, 0.2) is 0 Å². The number of carbonyl (C=O) groups excluding carboxylic acids is 1. The van der Waals surface area contributed by atoms with E-state index in [-0.39, 0.29) is 11.7 Å². The van der Waals surface area contributed by atoms with E-state index in [1.165, 1.54) is 5.56 Å². The van der Waals surface area contributed by atoms with Crippen molar-refractivity contribution in [1.82, 2.24) is 15.2 Å². The minimum atomic E-state index is -0.261. The number of aromatic nitrogens is 3. The summed E-state index contributed by atoms with van der Waals surface area (Å²) >= 11 is 0. The molecule has 104 valence electrons.